The molecule has 0 aromatic heterocycles. The molecule has 2 saturated heterocycles. The summed E-state index contributed by atoms with van der Waals surface area (Å²) in [5.41, 5.74) is 0. The molecule has 0 unspecified atom stereocenters. The van der Waals surface area contributed by atoms with Gasteiger partial charge in [0.05, 0.1) is 14.1 Å². The van der Waals surface area contributed by atoms with Gasteiger partial charge >= 0.3 is 0 Å². The zero-order valence-electron chi connectivity index (χ0n) is 8.43. The highest BCUT2D eigenvalue weighted by atomic mass is 16.7. The molecule has 2 bridgehead atoms. The largest absolute Gasteiger partial charge is 0.388 e. The van der Waals surface area contributed by atoms with E-state index in [0.29, 0.717) is 5.92 Å². The van der Waals surface area contributed by atoms with Gasteiger partial charge in [0.15, 0.2) is 6.29 Å². The smallest absolute Gasteiger partial charge is 0.184 e. The molecule has 0 amide bonds. The average Bonchev–Trinajstić information content (AvgIpc) is 2.36. The van der Waals surface area contributed by atoms with Crippen molar-refractivity contribution in [3.63, 3.8) is 0 Å². The first-order valence-corrected chi connectivity index (χ1v) is 4.51. The van der Waals surface area contributed by atoms with Crippen LogP contribution >= 0.6 is 0 Å². The molecule has 12 heavy (non-hydrogen) atoms. The number of ether oxygens (including phenoxy) is 2. The number of aliphatic hydroxyl groups is 1. The summed E-state index contributed by atoms with van der Waals surface area (Å²) in [7, 11) is 0. The lowest BCUT2D eigenvalue weighted by molar-refractivity contribution is -0.181. The van der Waals surface area contributed by atoms with Gasteiger partial charge in [-0.15, -0.1) is 0 Å². The molecule has 2 rings (SSSR count). The van der Waals surface area contributed by atoms with Gasteiger partial charge < -0.3 is 14.6 Å². The second-order valence-electron chi connectivity index (χ2n) is 3.95. The molecule has 0 aromatic rings. The molecule has 5 atom stereocenters. The van der Waals surface area contributed by atoms with Crippen molar-refractivity contribution in [1.82, 2.24) is 0 Å². The molecule has 2 heterocycles. The van der Waals surface area contributed by atoms with Gasteiger partial charge in [-0.2, -0.15) is 0 Å². The fourth-order valence-corrected chi connectivity index (χ4v) is 1.95. The molecule has 1 N–H and O–H groups in total. The Kier molecular flexibility index (Phi) is 1.81. The van der Waals surface area contributed by atoms with Gasteiger partial charge in [0.2, 0.25) is 0 Å². The van der Waals surface area contributed by atoms with Crippen LogP contribution in [0.4, 0.5) is 0 Å². The number of fused-ring (bicyclic) bond motifs is 2. The van der Waals surface area contributed by atoms with E-state index in [1.165, 1.54) is 0 Å². The molecule has 0 spiro atoms. The molecule has 70 valence electrons. The summed E-state index contributed by atoms with van der Waals surface area (Å²) in [6.07, 6.45) is -0.523. The van der Waals surface area contributed by atoms with E-state index in [0.717, 1.165) is 6.42 Å². The lowest BCUT2D eigenvalue weighted by Crippen LogP contribution is -2.42. The van der Waals surface area contributed by atoms with Crippen LogP contribution in [0.3, 0.4) is 0 Å². The topological polar surface area (TPSA) is 38.7 Å². The number of rotatable bonds is 1. The van der Waals surface area contributed by atoms with Crippen LogP contribution in [0.25, 0.3) is 0 Å². The molecule has 2 aliphatic rings. The Hall–Kier alpha value is -0.120. The summed E-state index contributed by atoms with van der Waals surface area (Å²) < 4.78 is 18.0. The highest BCUT2D eigenvalue weighted by Gasteiger charge is 2.43. The van der Waals surface area contributed by atoms with Crippen molar-refractivity contribution < 1.29 is 16.0 Å². The maximum atomic E-state index is 9.81. The molecule has 3 nitrogen and oxygen atoms in total. The van der Waals surface area contributed by atoms with Crippen molar-refractivity contribution in [1.29, 1.82) is 0 Å². The van der Waals surface area contributed by atoms with Crippen LogP contribution in [-0.4, -0.2) is 30.2 Å². The highest BCUT2D eigenvalue weighted by molar-refractivity contribution is 4.86. The third-order valence-corrected chi connectivity index (χ3v) is 2.75. The Morgan fingerprint density at radius 2 is 2.33 bits per heavy atom. The Labute approximate surface area is 74.1 Å². The molecule has 2 fully saturated rings. The van der Waals surface area contributed by atoms with E-state index >= 15 is 0 Å². The summed E-state index contributed by atoms with van der Waals surface area (Å²) in [6.45, 7) is 3.55. The van der Waals surface area contributed by atoms with Crippen molar-refractivity contribution in [3.8, 4) is 0 Å². The van der Waals surface area contributed by atoms with E-state index in [2.05, 4.69) is 13.8 Å². The van der Waals surface area contributed by atoms with E-state index in [9.17, 15) is 5.11 Å². The minimum Gasteiger partial charge on any atom is -0.388 e. The Morgan fingerprint density at radius 3 is 3.00 bits per heavy atom. The van der Waals surface area contributed by atoms with Gasteiger partial charge in [-0.25, -0.2) is 0 Å². The molecular weight excluding hydrogens is 156 g/mol. The summed E-state index contributed by atoms with van der Waals surface area (Å²) in [5.74, 6) is 0.622. The second kappa shape index (κ2) is 2.98. The molecule has 0 saturated carbocycles. The van der Waals surface area contributed by atoms with Crippen molar-refractivity contribution in [3.05, 3.63) is 0 Å². The van der Waals surface area contributed by atoms with Crippen molar-refractivity contribution in [2.45, 2.75) is 38.8 Å². The predicted molar refractivity (Wildman–Crippen MR) is 43.6 cm³/mol. The first-order chi connectivity index (χ1) is 6.09. The van der Waals surface area contributed by atoms with Crippen molar-refractivity contribution in [2.24, 2.45) is 11.8 Å². The standard InChI is InChI=1S/C9H16O3/c1-5(2)7-3-6-4-11-9(12-6)8(7)10/h5-10H,3-4H2,1-2H3/t6-,7-,8-,9+/m0/s1/i4D/t4-,6-,7-,8-,9+. The number of aliphatic hydroxyl groups excluding tert-OH is 1. The highest BCUT2D eigenvalue weighted by Crippen LogP contribution is 2.35. The van der Waals surface area contributed by atoms with Crippen LogP contribution in [0.5, 0.6) is 0 Å². The Morgan fingerprint density at radius 1 is 1.58 bits per heavy atom. The minimum atomic E-state index is -0.608. The lowest BCUT2D eigenvalue weighted by atomic mass is 9.84. The maximum Gasteiger partial charge on any atom is 0.184 e. The van der Waals surface area contributed by atoms with E-state index < -0.39 is 19.0 Å². The van der Waals surface area contributed by atoms with Crippen LogP contribution < -0.4 is 0 Å². The Bertz CT molecular complexity index is 195. The minimum absolute atomic E-state index is 0.138. The fraction of sp³-hybridized carbons (Fsp3) is 1.00. The van der Waals surface area contributed by atoms with Gasteiger partial charge in [0.1, 0.15) is 6.10 Å². The zero-order chi connectivity index (χ0) is 9.59. The van der Waals surface area contributed by atoms with Gasteiger partial charge in [0.25, 0.3) is 0 Å². The molecule has 0 aliphatic carbocycles. The van der Waals surface area contributed by atoms with Crippen LogP contribution in [0.2, 0.25) is 0 Å². The van der Waals surface area contributed by atoms with Gasteiger partial charge in [-0.1, -0.05) is 13.8 Å². The first kappa shape index (κ1) is 7.30. The van der Waals surface area contributed by atoms with Crippen LogP contribution in [0.1, 0.15) is 21.6 Å². The van der Waals surface area contributed by atoms with Gasteiger partial charge in [-0.3, -0.25) is 0 Å². The average molecular weight is 173 g/mol. The fourth-order valence-electron chi connectivity index (χ4n) is 1.95. The first-order valence-electron chi connectivity index (χ1n) is 5.08. The quantitative estimate of drug-likeness (QED) is 0.636. The molecule has 0 aromatic carbocycles. The molecular formula is C9H16O3. The summed E-state index contributed by atoms with van der Waals surface area (Å²) in [4.78, 5) is 0. The third-order valence-electron chi connectivity index (χ3n) is 2.75. The summed E-state index contributed by atoms with van der Waals surface area (Å²) in [6, 6.07) is 0. The van der Waals surface area contributed by atoms with E-state index in [1.54, 1.807) is 0 Å². The number of hydrogen-bond acceptors (Lipinski definition) is 3. The van der Waals surface area contributed by atoms with E-state index in [1.807, 2.05) is 0 Å². The monoisotopic (exact) mass is 173 g/mol. The second-order valence-corrected chi connectivity index (χ2v) is 3.95. The van der Waals surface area contributed by atoms with E-state index in [-0.39, 0.29) is 12.0 Å². The summed E-state index contributed by atoms with van der Waals surface area (Å²) >= 11 is 0. The summed E-state index contributed by atoms with van der Waals surface area (Å²) in [5, 5.41) is 9.81. The SMILES string of the molecule is [2H][C@@H]1O[C@@H]2O[C@H]1C[C@@H](C(C)C)[C@@H]2O. The van der Waals surface area contributed by atoms with Crippen LogP contribution in [0, 0.1) is 11.8 Å². The predicted octanol–water partition coefficient (Wildman–Crippen LogP) is 0.765. The molecule has 0 radical (unpaired) electrons. The normalized spacial score (nSPS) is 54.3. The van der Waals surface area contributed by atoms with Gasteiger partial charge in [0, 0.05) is 0 Å². The van der Waals surface area contributed by atoms with Crippen LogP contribution in [-0.2, 0) is 9.47 Å². The third kappa shape index (κ3) is 1.26. The lowest BCUT2D eigenvalue weighted by Gasteiger charge is -2.34. The van der Waals surface area contributed by atoms with Crippen molar-refractivity contribution in [2.75, 3.05) is 6.58 Å². The zero-order valence-corrected chi connectivity index (χ0v) is 7.43. The van der Waals surface area contributed by atoms with Crippen molar-refractivity contribution >= 4 is 0 Å². The molecule has 2 aliphatic heterocycles. The number of hydrogen-bond donors (Lipinski definition) is 1. The Balaban J connectivity index is 2.11. The van der Waals surface area contributed by atoms with Crippen LogP contribution in [0.15, 0.2) is 0 Å². The van der Waals surface area contributed by atoms with Gasteiger partial charge in [-0.05, 0) is 18.3 Å². The molecule has 3 heteroatoms. The maximum absolute atomic E-state index is 9.81. The van der Waals surface area contributed by atoms with E-state index in [4.69, 9.17) is 10.8 Å².